The summed E-state index contributed by atoms with van der Waals surface area (Å²) in [5, 5.41) is 13.4. The van der Waals surface area contributed by atoms with Crippen molar-refractivity contribution in [2.45, 2.75) is 0 Å². The van der Waals surface area contributed by atoms with Crippen molar-refractivity contribution >= 4 is 95.3 Å². The van der Waals surface area contributed by atoms with Gasteiger partial charge in [-0.3, -0.25) is 10.4 Å². The van der Waals surface area contributed by atoms with Crippen LogP contribution in [0.25, 0.3) is 41.7 Å². The number of fused-ring (bicyclic) bond motifs is 6. The highest BCUT2D eigenvalue weighted by atomic mass is 32.1. The molecule has 3 nitrogen and oxygen atoms in total. The highest BCUT2D eigenvalue weighted by molar-refractivity contribution is 7.27. The van der Waals surface area contributed by atoms with Crippen LogP contribution in [0.1, 0.15) is 0 Å². The molecule has 0 saturated carbocycles. The number of hydrogen-bond acceptors (Lipinski definition) is 5. The molecule has 4 aromatic carbocycles. The van der Waals surface area contributed by atoms with Crippen molar-refractivity contribution < 1.29 is 0 Å². The molecular formula is C23H13B2N3S2. The number of thiophene rings is 2. The third kappa shape index (κ3) is 2.52. The van der Waals surface area contributed by atoms with E-state index in [1.165, 1.54) is 10.1 Å². The first-order chi connectivity index (χ1) is 14.6. The van der Waals surface area contributed by atoms with Crippen LogP contribution < -0.4 is 25.7 Å². The van der Waals surface area contributed by atoms with Crippen molar-refractivity contribution in [3.8, 4) is 0 Å². The minimum absolute atomic E-state index is 0.787. The van der Waals surface area contributed by atoms with E-state index in [0.717, 1.165) is 57.6 Å². The van der Waals surface area contributed by atoms with Crippen LogP contribution in [0.3, 0.4) is 0 Å². The third-order valence-electron chi connectivity index (χ3n) is 5.46. The van der Waals surface area contributed by atoms with Gasteiger partial charge in [-0.25, -0.2) is 0 Å². The first-order valence-electron chi connectivity index (χ1n) is 9.48. The Morgan fingerprint density at radius 1 is 0.700 bits per heavy atom. The summed E-state index contributed by atoms with van der Waals surface area (Å²) in [6, 6.07) is 18.4. The smallest absolute Gasteiger partial charge is 0.128 e. The second-order valence-electron chi connectivity index (χ2n) is 7.24. The molecule has 7 heteroatoms. The van der Waals surface area contributed by atoms with E-state index in [1.54, 1.807) is 22.7 Å². The van der Waals surface area contributed by atoms with Crippen molar-refractivity contribution in [2.75, 3.05) is 12.5 Å². The first-order valence-corrected chi connectivity index (χ1v) is 11.1. The fraction of sp³-hybridized carbons (Fsp3) is 0.0435. The zero-order valence-electron chi connectivity index (χ0n) is 16.1. The number of nitrogens with one attached hydrogen (secondary N) is 1. The highest BCUT2D eigenvalue weighted by Gasteiger charge is 2.17. The van der Waals surface area contributed by atoms with Gasteiger partial charge in [0.2, 0.25) is 0 Å². The second kappa shape index (κ2) is 6.56. The lowest BCUT2D eigenvalue weighted by molar-refractivity contribution is 1.26. The van der Waals surface area contributed by atoms with Crippen molar-refractivity contribution in [1.82, 2.24) is 0 Å². The van der Waals surface area contributed by atoms with E-state index < -0.39 is 0 Å². The third-order valence-corrected chi connectivity index (χ3v) is 7.46. The standard InChI is InChI=1S/C23H13B2N3S2/c1-26-20-12-7-15-13(8-14(12)22-16(20)9-18(24)29-22)21(17-10-19(25)30-23(15)17)28-27-11-5-3-2-4-6-11/h2-10,27H,1H3/b26-20?,28-21-. The SMILES string of the molecule is [B]c1cc2c(=NC)c3cc4c(cc3c2s1)/c(=N/Nc1ccccc1)c1cc([B])sc14. The molecule has 0 fully saturated rings. The van der Waals surface area contributed by atoms with Gasteiger partial charge in [0.05, 0.1) is 16.4 Å². The van der Waals surface area contributed by atoms with Crippen molar-refractivity contribution in [1.29, 1.82) is 0 Å². The monoisotopic (exact) mass is 417 g/mol. The zero-order chi connectivity index (χ0) is 20.4. The molecule has 0 aliphatic rings. The van der Waals surface area contributed by atoms with E-state index in [2.05, 4.69) is 22.6 Å². The topological polar surface area (TPSA) is 36.8 Å². The molecule has 2 heterocycles. The Bertz CT molecular complexity index is 1700. The molecule has 138 valence electrons. The molecule has 0 unspecified atom stereocenters. The van der Waals surface area contributed by atoms with E-state index in [-0.39, 0.29) is 0 Å². The molecule has 6 aromatic rings. The van der Waals surface area contributed by atoms with Gasteiger partial charge in [0.25, 0.3) is 0 Å². The molecule has 0 saturated heterocycles. The average molecular weight is 417 g/mol. The van der Waals surface area contributed by atoms with Crippen LogP contribution in [0.15, 0.2) is 64.7 Å². The van der Waals surface area contributed by atoms with Crippen LogP contribution in [-0.2, 0) is 0 Å². The summed E-state index contributed by atoms with van der Waals surface area (Å²) in [6.45, 7) is 0. The molecule has 0 bridgehead atoms. The number of nitrogens with zero attached hydrogens (tertiary/aromatic N) is 2. The highest BCUT2D eigenvalue weighted by Crippen LogP contribution is 2.34. The molecule has 0 amide bonds. The molecular weight excluding hydrogens is 404 g/mol. The Morgan fingerprint density at radius 3 is 1.87 bits per heavy atom. The number of hydrogen-bond donors (Lipinski definition) is 1. The lowest BCUT2D eigenvalue weighted by Gasteiger charge is -1.99. The summed E-state index contributed by atoms with van der Waals surface area (Å²) in [6.07, 6.45) is 0. The van der Waals surface area contributed by atoms with E-state index in [4.69, 9.17) is 20.8 Å². The summed E-state index contributed by atoms with van der Waals surface area (Å²) < 4.78 is 3.92. The minimum atomic E-state index is 0.787. The van der Waals surface area contributed by atoms with E-state index in [9.17, 15) is 0 Å². The van der Waals surface area contributed by atoms with E-state index in [0.29, 0.717) is 0 Å². The number of anilines is 1. The first kappa shape index (κ1) is 17.9. The minimum Gasteiger partial charge on any atom is -0.287 e. The maximum absolute atomic E-state index is 6.16. The van der Waals surface area contributed by atoms with E-state index in [1.807, 2.05) is 49.5 Å². The average Bonchev–Trinajstić information content (AvgIpc) is 3.44. The maximum Gasteiger partial charge on any atom is 0.128 e. The molecule has 1 N–H and O–H groups in total. The Hall–Kier alpha value is -2.89. The Morgan fingerprint density at radius 2 is 1.27 bits per heavy atom. The largest absolute Gasteiger partial charge is 0.287 e. The lowest BCUT2D eigenvalue weighted by atomic mass is 10.1. The number of rotatable bonds is 2. The predicted molar refractivity (Wildman–Crippen MR) is 132 cm³/mol. The van der Waals surface area contributed by atoms with Crippen LogP contribution in [0.4, 0.5) is 5.69 Å². The molecule has 0 spiro atoms. The van der Waals surface area contributed by atoms with Crippen LogP contribution in [-0.4, -0.2) is 22.7 Å². The fourth-order valence-electron chi connectivity index (χ4n) is 4.22. The van der Waals surface area contributed by atoms with E-state index >= 15 is 0 Å². The zero-order valence-corrected chi connectivity index (χ0v) is 17.7. The number of benzene rings is 2. The Balaban J connectivity index is 1.74. The van der Waals surface area contributed by atoms with Crippen molar-refractivity contribution in [3.63, 3.8) is 0 Å². The molecule has 30 heavy (non-hydrogen) atoms. The van der Waals surface area contributed by atoms with Gasteiger partial charge < -0.3 is 0 Å². The van der Waals surface area contributed by atoms with Crippen LogP contribution >= 0.6 is 22.7 Å². The van der Waals surface area contributed by atoms with Gasteiger partial charge in [0.1, 0.15) is 15.7 Å². The molecule has 0 aliphatic heterocycles. The summed E-state index contributed by atoms with van der Waals surface area (Å²) in [7, 11) is 14.1. The van der Waals surface area contributed by atoms with Crippen LogP contribution in [0.2, 0.25) is 0 Å². The maximum atomic E-state index is 6.16. The van der Waals surface area contributed by atoms with Gasteiger partial charge in [0.15, 0.2) is 0 Å². The predicted octanol–water partition coefficient (Wildman–Crippen LogP) is 3.34. The Kier molecular flexibility index (Phi) is 3.92. The molecule has 0 atom stereocenters. The normalized spacial score (nSPS) is 13.5. The number of para-hydroxylation sites is 1. The van der Waals surface area contributed by atoms with Gasteiger partial charge in [-0.1, -0.05) is 18.2 Å². The van der Waals surface area contributed by atoms with Gasteiger partial charge in [-0.2, -0.15) is 27.8 Å². The molecule has 2 aromatic heterocycles. The fourth-order valence-corrected chi connectivity index (χ4v) is 6.14. The van der Waals surface area contributed by atoms with Crippen LogP contribution in [0, 0.1) is 0 Å². The lowest BCUT2D eigenvalue weighted by Crippen LogP contribution is -2.05. The molecule has 6 rings (SSSR count). The second-order valence-corrected chi connectivity index (χ2v) is 9.40. The van der Waals surface area contributed by atoms with Crippen molar-refractivity contribution in [3.05, 3.63) is 65.3 Å². The summed E-state index contributed by atoms with van der Waals surface area (Å²) in [5.41, 5.74) is 4.14. The van der Waals surface area contributed by atoms with Gasteiger partial charge in [0, 0.05) is 48.8 Å². The van der Waals surface area contributed by atoms with Gasteiger partial charge in [-0.05, 0) is 46.0 Å². The summed E-state index contributed by atoms with van der Waals surface area (Å²) in [5.74, 6) is 0. The molecule has 0 aliphatic carbocycles. The summed E-state index contributed by atoms with van der Waals surface area (Å²) >= 11 is 3.21. The van der Waals surface area contributed by atoms with Crippen LogP contribution in [0.5, 0.6) is 0 Å². The summed E-state index contributed by atoms with van der Waals surface area (Å²) in [4.78, 5) is 4.57. The van der Waals surface area contributed by atoms with Crippen molar-refractivity contribution in [2.24, 2.45) is 10.1 Å². The van der Waals surface area contributed by atoms with Gasteiger partial charge in [-0.15, -0.1) is 0 Å². The quantitative estimate of drug-likeness (QED) is 0.341. The van der Waals surface area contributed by atoms with Gasteiger partial charge >= 0.3 is 0 Å². The Labute approximate surface area is 182 Å². The molecule has 4 radical (unpaired) electrons.